The van der Waals surface area contributed by atoms with Crippen LogP contribution in [0, 0.1) is 0 Å². The van der Waals surface area contributed by atoms with E-state index in [-0.39, 0.29) is 10.8 Å². The van der Waals surface area contributed by atoms with Crippen molar-refractivity contribution in [3.05, 3.63) is 173 Å². The highest BCUT2D eigenvalue weighted by atomic mass is 14.7. The van der Waals surface area contributed by atoms with E-state index < -0.39 is 0 Å². The van der Waals surface area contributed by atoms with Gasteiger partial charge >= 0.3 is 0 Å². The molecule has 1 spiro atoms. The molecule has 190 valence electrons. The molecule has 1 heteroatoms. The van der Waals surface area contributed by atoms with Gasteiger partial charge in [0.05, 0.1) is 11.1 Å². The SMILES string of the molecule is CC1(C)c2ccccc2C2(c3ccccc3-c3cc(-c4ccc(-c5ccccn5)cc4)ccc32)c2ccccc21. The zero-order valence-corrected chi connectivity index (χ0v) is 22.7. The molecule has 40 heavy (non-hydrogen) atoms. The normalized spacial score (nSPS) is 15.2. The fourth-order valence-electron chi connectivity index (χ4n) is 7.41. The molecule has 0 saturated heterocycles. The maximum Gasteiger partial charge on any atom is 0.0719 e. The number of nitrogens with zero attached hydrogens (tertiary/aromatic N) is 1. The molecular formula is C39H29N. The van der Waals surface area contributed by atoms with E-state index in [0.29, 0.717) is 0 Å². The molecule has 1 aromatic heterocycles. The predicted octanol–water partition coefficient (Wildman–Crippen LogP) is 9.42. The summed E-state index contributed by atoms with van der Waals surface area (Å²) in [6.45, 7) is 4.74. The number of benzene rings is 5. The molecule has 6 aromatic rings. The second-order valence-electron chi connectivity index (χ2n) is 11.6. The monoisotopic (exact) mass is 511 g/mol. The van der Waals surface area contributed by atoms with Gasteiger partial charge in [-0.25, -0.2) is 0 Å². The summed E-state index contributed by atoms with van der Waals surface area (Å²) in [4.78, 5) is 4.52. The fraction of sp³-hybridized carbons (Fsp3) is 0.103. The van der Waals surface area contributed by atoms with Crippen LogP contribution in [0.5, 0.6) is 0 Å². The van der Waals surface area contributed by atoms with Crippen LogP contribution in [0.25, 0.3) is 33.5 Å². The Bertz CT molecular complexity index is 1860. The van der Waals surface area contributed by atoms with E-state index in [1.807, 2.05) is 18.3 Å². The molecule has 0 N–H and O–H groups in total. The molecule has 5 aromatic carbocycles. The summed E-state index contributed by atoms with van der Waals surface area (Å²) in [7, 11) is 0. The molecule has 0 atom stereocenters. The second-order valence-corrected chi connectivity index (χ2v) is 11.6. The number of hydrogen-bond acceptors (Lipinski definition) is 1. The lowest BCUT2D eigenvalue weighted by Crippen LogP contribution is -2.40. The minimum atomic E-state index is -0.337. The van der Waals surface area contributed by atoms with Gasteiger partial charge in [0.15, 0.2) is 0 Å². The van der Waals surface area contributed by atoms with Gasteiger partial charge in [-0.1, -0.05) is 129 Å². The third-order valence-electron chi connectivity index (χ3n) is 9.23. The lowest BCUT2D eigenvalue weighted by Gasteiger charge is -2.46. The van der Waals surface area contributed by atoms with Gasteiger partial charge in [-0.2, -0.15) is 0 Å². The van der Waals surface area contributed by atoms with Crippen LogP contribution in [0.4, 0.5) is 0 Å². The quantitative estimate of drug-likeness (QED) is 0.225. The Kier molecular flexibility index (Phi) is 4.85. The molecule has 0 unspecified atom stereocenters. The Hall–Kier alpha value is -4.75. The van der Waals surface area contributed by atoms with E-state index in [0.717, 1.165) is 11.3 Å². The van der Waals surface area contributed by atoms with Gasteiger partial charge < -0.3 is 0 Å². The van der Waals surface area contributed by atoms with Crippen molar-refractivity contribution in [1.82, 2.24) is 4.98 Å². The highest BCUT2D eigenvalue weighted by Gasteiger charge is 2.53. The zero-order valence-electron chi connectivity index (χ0n) is 22.7. The molecular weight excluding hydrogens is 482 g/mol. The molecule has 2 aliphatic rings. The first-order valence-corrected chi connectivity index (χ1v) is 14.1. The first-order chi connectivity index (χ1) is 19.6. The summed E-state index contributed by atoms with van der Waals surface area (Å²) >= 11 is 0. The summed E-state index contributed by atoms with van der Waals surface area (Å²) < 4.78 is 0. The number of aromatic nitrogens is 1. The van der Waals surface area contributed by atoms with Gasteiger partial charge in [-0.3, -0.25) is 4.98 Å². The van der Waals surface area contributed by atoms with E-state index in [4.69, 9.17) is 0 Å². The van der Waals surface area contributed by atoms with Crippen LogP contribution in [0.15, 0.2) is 140 Å². The molecule has 0 fully saturated rings. The van der Waals surface area contributed by atoms with Crippen molar-refractivity contribution in [3.63, 3.8) is 0 Å². The van der Waals surface area contributed by atoms with Crippen molar-refractivity contribution in [2.45, 2.75) is 24.7 Å². The lowest BCUT2D eigenvalue weighted by molar-refractivity contribution is 0.563. The largest absolute Gasteiger partial charge is 0.256 e. The standard InChI is InChI=1S/C39H29N/c1-38(2)33-13-5-7-15-35(33)39(36-16-8-6-14-34(36)38)31-12-4-3-11-29(31)30-25-28(22-23-32(30)39)26-18-20-27(21-19-26)37-17-9-10-24-40-37/h3-25H,1-2H3. The van der Waals surface area contributed by atoms with Crippen LogP contribution in [0.3, 0.4) is 0 Å². The van der Waals surface area contributed by atoms with Gasteiger partial charge in [0.25, 0.3) is 0 Å². The smallest absolute Gasteiger partial charge is 0.0719 e. The zero-order chi connectivity index (χ0) is 26.9. The van der Waals surface area contributed by atoms with Crippen molar-refractivity contribution < 1.29 is 0 Å². The Labute approximate surface area is 235 Å². The summed E-state index contributed by atoms with van der Waals surface area (Å²) in [5.41, 5.74) is 15.2. The highest BCUT2D eigenvalue weighted by Crippen LogP contribution is 2.62. The van der Waals surface area contributed by atoms with Gasteiger partial charge in [-0.15, -0.1) is 0 Å². The first kappa shape index (κ1) is 23.2. The molecule has 0 amide bonds. The molecule has 1 heterocycles. The summed E-state index contributed by atoms with van der Waals surface area (Å²) in [5, 5.41) is 0. The average Bonchev–Trinajstić information content (AvgIpc) is 3.31. The van der Waals surface area contributed by atoms with E-state index in [9.17, 15) is 0 Å². The van der Waals surface area contributed by atoms with E-state index in [2.05, 4.69) is 140 Å². The molecule has 0 radical (unpaired) electrons. The van der Waals surface area contributed by atoms with E-state index >= 15 is 0 Å². The molecule has 0 aliphatic heterocycles. The highest BCUT2D eigenvalue weighted by molar-refractivity contribution is 5.90. The van der Waals surface area contributed by atoms with Crippen molar-refractivity contribution in [3.8, 4) is 33.5 Å². The minimum Gasteiger partial charge on any atom is -0.256 e. The van der Waals surface area contributed by atoms with Crippen LogP contribution in [0.2, 0.25) is 0 Å². The molecule has 0 saturated carbocycles. The van der Waals surface area contributed by atoms with Gasteiger partial charge in [-0.05, 0) is 73.8 Å². The Morgan fingerprint density at radius 2 is 0.950 bits per heavy atom. The molecule has 0 bridgehead atoms. The maximum atomic E-state index is 4.52. The molecule has 1 nitrogen and oxygen atoms in total. The summed E-state index contributed by atoms with van der Waals surface area (Å²) in [6, 6.07) is 49.2. The van der Waals surface area contributed by atoms with Crippen LogP contribution < -0.4 is 0 Å². The Morgan fingerprint density at radius 1 is 0.425 bits per heavy atom. The number of rotatable bonds is 2. The van der Waals surface area contributed by atoms with Crippen molar-refractivity contribution >= 4 is 0 Å². The second kappa shape index (κ2) is 8.37. The van der Waals surface area contributed by atoms with Crippen molar-refractivity contribution in [2.75, 3.05) is 0 Å². The summed E-state index contributed by atoms with van der Waals surface area (Å²) in [5.74, 6) is 0. The topological polar surface area (TPSA) is 12.9 Å². The van der Waals surface area contributed by atoms with Crippen LogP contribution in [0.1, 0.15) is 47.2 Å². The van der Waals surface area contributed by atoms with Crippen LogP contribution >= 0.6 is 0 Å². The Balaban J connectivity index is 1.37. The van der Waals surface area contributed by atoms with Gasteiger partial charge in [0.2, 0.25) is 0 Å². The van der Waals surface area contributed by atoms with E-state index in [1.165, 1.54) is 55.6 Å². The lowest BCUT2D eigenvalue weighted by atomic mass is 9.55. The number of hydrogen-bond donors (Lipinski definition) is 0. The van der Waals surface area contributed by atoms with Crippen molar-refractivity contribution in [1.29, 1.82) is 0 Å². The first-order valence-electron chi connectivity index (χ1n) is 14.1. The average molecular weight is 512 g/mol. The predicted molar refractivity (Wildman–Crippen MR) is 165 cm³/mol. The Morgan fingerprint density at radius 3 is 1.60 bits per heavy atom. The van der Waals surface area contributed by atoms with Gasteiger partial charge in [0, 0.05) is 17.2 Å². The fourth-order valence-corrected chi connectivity index (χ4v) is 7.41. The van der Waals surface area contributed by atoms with E-state index in [1.54, 1.807) is 0 Å². The van der Waals surface area contributed by atoms with Gasteiger partial charge in [0.1, 0.15) is 0 Å². The molecule has 2 aliphatic carbocycles. The molecule has 8 rings (SSSR count). The van der Waals surface area contributed by atoms with Crippen LogP contribution in [-0.4, -0.2) is 4.98 Å². The number of fused-ring (bicyclic) bond motifs is 9. The van der Waals surface area contributed by atoms with Crippen molar-refractivity contribution in [2.24, 2.45) is 0 Å². The minimum absolute atomic E-state index is 0.0779. The summed E-state index contributed by atoms with van der Waals surface area (Å²) in [6.07, 6.45) is 1.85. The third-order valence-corrected chi connectivity index (χ3v) is 9.23. The van der Waals surface area contributed by atoms with Crippen LogP contribution in [-0.2, 0) is 10.8 Å². The number of pyridine rings is 1. The maximum absolute atomic E-state index is 4.52. The third kappa shape index (κ3) is 3.01.